The molecule has 0 radical (unpaired) electrons. The summed E-state index contributed by atoms with van der Waals surface area (Å²) in [7, 11) is -3.76. The number of hydrogen-bond acceptors (Lipinski definition) is 5. The van der Waals surface area contributed by atoms with E-state index in [2.05, 4.69) is 0 Å². The molecule has 22 heavy (non-hydrogen) atoms. The largest absolute Gasteiger partial charge is 0.350 e. The van der Waals surface area contributed by atoms with Crippen LogP contribution in [0.1, 0.15) is 32.8 Å². The van der Waals surface area contributed by atoms with E-state index in [0.29, 0.717) is 13.0 Å². The van der Waals surface area contributed by atoms with Crippen molar-refractivity contribution in [3.8, 4) is 0 Å². The van der Waals surface area contributed by atoms with Crippen LogP contribution in [0.15, 0.2) is 29.2 Å². The normalized spacial score (nSPS) is 25.6. The van der Waals surface area contributed by atoms with Crippen molar-refractivity contribution >= 4 is 10.1 Å². The first-order valence-electron chi connectivity index (χ1n) is 7.46. The monoisotopic (exact) mass is 328 g/mol. The minimum Gasteiger partial charge on any atom is -0.350 e. The first kappa shape index (κ1) is 17.4. The molecule has 1 saturated heterocycles. The molecule has 0 spiro atoms. The van der Waals surface area contributed by atoms with E-state index in [1.807, 2.05) is 27.7 Å². The quantitative estimate of drug-likeness (QED) is 0.795. The molecule has 1 fully saturated rings. The van der Waals surface area contributed by atoms with E-state index in [4.69, 9.17) is 13.7 Å². The number of hydrogen-bond donors (Lipinski definition) is 0. The Labute approximate surface area is 132 Å². The zero-order valence-electron chi connectivity index (χ0n) is 13.5. The molecule has 0 aromatic heterocycles. The molecular weight excluding hydrogens is 304 g/mol. The number of ether oxygens (including phenoxy) is 2. The van der Waals surface area contributed by atoms with Gasteiger partial charge in [-0.2, -0.15) is 8.42 Å². The fraction of sp³-hybridized carbons (Fsp3) is 0.625. The molecular formula is C16H24O5S. The summed E-state index contributed by atoms with van der Waals surface area (Å²) in [5.41, 5.74) is 0.999. The Hall–Kier alpha value is -0.950. The maximum Gasteiger partial charge on any atom is 0.297 e. The van der Waals surface area contributed by atoms with Crippen molar-refractivity contribution in [1.82, 2.24) is 0 Å². The van der Waals surface area contributed by atoms with Crippen LogP contribution in [0, 0.1) is 12.8 Å². The highest BCUT2D eigenvalue weighted by atomic mass is 32.2. The van der Waals surface area contributed by atoms with E-state index in [1.165, 1.54) is 0 Å². The Balaban J connectivity index is 2.02. The van der Waals surface area contributed by atoms with Crippen molar-refractivity contribution in [3.63, 3.8) is 0 Å². The van der Waals surface area contributed by atoms with Crippen LogP contribution in [0.5, 0.6) is 0 Å². The molecule has 0 bridgehead atoms. The SMILES string of the molecule is Cc1ccc(S(=O)(=O)OC[C@@H]2C[C@@H](C)COC(C)(C)O2)cc1. The third-order valence-electron chi connectivity index (χ3n) is 3.55. The summed E-state index contributed by atoms with van der Waals surface area (Å²) in [6, 6.07) is 6.59. The van der Waals surface area contributed by atoms with E-state index in [-0.39, 0.29) is 23.5 Å². The minimum atomic E-state index is -3.76. The van der Waals surface area contributed by atoms with Crippen LogP contribution in [0.3, 0.4) is 0 Å². The van der Waals surface area contributed by atoms with Gasteiger partial charge in [-0.15, -0.1) is 0 Å². The van der Waals surface area contributed by atoms with Crippen molar-refractivity contribution in [2.24, 2.45) is 5.92 Å². The molecule has 1 aliphatic heterocycles. The fourth-order valence-corrected chi connectivity index (χ4v) is 3.32. The highest BCUT2D eigenvalue weighted by Gasteiger charge is 2.31. The van der Waals surface area contributed by atoms with Crippen LogP contribution in [-0.2, 0) is 23.8 Å². The molecule has 1 aliphatic rings. The topological polar surface area (TPSA) is 61.8 Å². The predicted molar refractivity (Wildman–Crippen MR) is 83.0 cm³/mol. The molecule has 0 unspecified atom stereocenters. The third kappa shape index (κ3) is 4.78. The molecule has 1 heterocycles. The van der Waals surface area contributed by atoms with Crippen LogP contribution in [0.25, 0.3) is 0 Å². The maximum atomic E-state index is 12.2. The maximum absolute atomic E-state index is 12.2. The van der Waals surface area contributed by atoms with E-state index in [0.717, 1.165) is 5.56 Å². The molecule has 5 nitrogen and oxygen atoms in total. The molecule has 0 aliphatic carbocycles. The lowest BCUT2D eigenvalue weighted by Crippen LogP contribution is -2.33. The summed E-state index contributed by atoms with van der Waals surface area (Å²) in [5, 5.41) is 0. The average molecular weight is 328 g/mol. The lowest BCUT2D eigenvalue weighted by atomic mass is 10.1. The van der Waals surface area contributed by atoms with Gasteiger partial charge in [-0.1, -0.05) is 24.6 Å². The number of benzene rings is 1. The molecule has 6 heteroatoms. The van der Waals surface area contributed by atoms with Gasteiger partial charge in [0.25, 0.3) is 10.1 Å². The zero-order valence-corrected chi connectivity index (χ0v) is 14.4. The van der Waals surface area contributed by atoms with Gasteiger partial charge in [-0.05, 0) is 45.2 Å². The summed E-state index contributed by atoms with van der Waals surface area (Å²) in [5.74, 6) is -0.440. The summed E-state index contributed by atoms with van der Waals surface area (Å²) in [6.45, 7) is 8.19. The zero-order chi connectivity index (χ0) is 16.4. The highest BCUT2D eigenvalue weighted by Crippen LogP contribution is 2.25. The van der Waals surface area contributed by atoms with Gasteiger partial charge < -0.3 is 9.47 Å². The Kier molecular flexibility index (Phi) is 5.27. The van der Waals surface area contributed by atoms with Gasteiger partial charge in [0, 0.05) is 0 Å². The molecule has 0 saturated carbocycles. The van der Waals surface area contributed by atoms with Crippen LogP contribution in [-0.4, -0.2) is 33.5 Å². The molecule has 0 amide bonds. The molecule has 124 valence electrons. The summed E-state index contributed by atoms with van der Waals surface area (Å²) >= 11 is 0. The number of rotatable bonds is 4. The van der Waals surface area contributed by atoms with Gasteiger partial charge in [0.05, 0.1) is 24.2 Å². The third-order valence-corrected chi connectivity index (χ3v) is 4.85. The number of aryl methyl sites for hydroxylation is 1. The molecule has 1 aromatic rings. The van der Waals surface area contributed by atoms with Crippen molar-refractivity contribution in [2.75, 3.05) is 13.2 Å². The molecule has 2 rings (SSSR count). The van der Waals surface area contributed by atoms with Gasteiger partial charge in [0.1, 0.15) is 0 Å². The highest BCUT2D eigenvalue weighted by molar-refractivity contribution is 7.86. The summed E-state index contributed by atoms with van der Waals surface area (Å²) in [6.07, 6.45) is 0.389. The lowest BCUT2D eigenvalue weighted by Gasteiger charge is -2.27. The van der Waals surface area contributed by atoms with E-state index in [1.54, 1.807) is 24.3 Å². The molecule has 1 aromatic carbocycles. The standard InChI is InChI=1S/C16H24O5S/c1-12-5-7-15(8-6-12)22(17,18)20-11-14-9-13(2)10-19-16(3,4)21-14/h5-8,13-14H,9-11H2,1-4H3/t13-,14+/m1/s1. The van der Waals surface area contributed by atoms with Crippen molar-refractivity contribution < 1.29 is 22.1 Å². The fourth-order valence-electron chi connectivity index (χ4n) is 2.38. The van der Waals surface area contributed by atoms with Crippen LogP contribution in [0.4, 0.5) is 0 Å². The summed E-state index contributed by atoms with van der Waals surface area (Å²) in [4.78, 5) is 0.162. The van der Waals surface area contributed by atoms with E-state index < -0.39 is 15.9 Å². The second kappa shape index (κ2) is 6.66. The van der Waals surface area contributed by atoms with Gasteiger partial charge in [-0.25, -0.2) is 0 Å². The van der Waals surface area contributed by atoms with Crippen LogP contribution in [0.2, 0.25) is 0 Å². The Bertz CT molecular complexity index is 591. The van der Waals surface area contributed by atoms with Crippen molar-refractivity contribution in [3.05, 3.63) is 29.8 Å². The van der Waals surface area contributed by atoms with Gasteiger partial charge >= 0.3 is 0 Å². The molecule has 2 atom stereocenters. The Morgan fingerprint density at radius 3 is 2.55 bits per heavy atom. The lowest BCUT2D eigenvalue weighted by molar-refractivity contribution is -0.226. The first-order valence-corrected chi connectivity index (χ1v) is 8.87. The van der Waals surface area contributed by atoms with E-state index in [9.17, 15) is 8.42 Å². The van der Waals surface area contributed by atoms with Crippen LogP contribution >= 0.6 is 0 Å². The van der Waals surface area contributed by atoms with Gasteiger partial charge in [0.15, 0.2) is 5.79 Å². The van der Waals surface area contributed by atoms with Gasteiger partial charge in [-0.3, -0.25) is 4.18 Å². The van der Waals surface area contributed by atoms with Crippen LogP contribution < -0.4 is 0 Å². The summed E-state index contributed by atoms with van der Waals surface area (Å²) < 4.78 is 41.0. The van der Waals surface area contributed by atoms with E-state index >= 15 is 0 Å². The first-order chi connectivity index (χ1) is 10.2. The molecule has 0 N–H and O–H groups in total. The Morgan fingerprint density at radius 1 is 1.27 bits per heavy atom. The minimum absolute atomic E-state index is 0.00661. The van der Waals surface area contributed by atoms with Crippen molar-refractivity contribution in [1.29, 1.82) is 0 Å². The average Bonchev–Trinajstić information content (AvgIpc) is 2.56. The predicted octanol–water partition coefficient (Wildman–Crippen LogP) is 2.88. The second-order valence-electron chi connectivity index (χ2n) is 6.34. The van der Waals surface area contributed by atoms with Crippen molar-refractivity contribution in [2.45, 2.75) is 50.9 Å². The smallest absolute Gasteiger partial charge is 0.297 e. The van der Waals surface area contributed by atoms with Gasteiger partial charge in [0.2, 0.25) is 0 Å². The Morgan fingerprint density at radius 2 is 1.91 bits per heavy atom. The second-order valence-corrected chi connectivity index (χ2v) is 7.96.